The summed E-state index contributed by atoms with van der Waals surface area (Å²) in [6.07, 6.45) is 0. The molecule has 2 rings (SSSR count). The van der Waals surface area contributed by atoms with Crippen LogP contribution < -0.4 is 10.1 Å². The third-order valence-electron chi connectivity index (χ3n) is 2.78. The number of hydrogen-bond acceptors (Lipinski definition) is 3. The van der Waals surface area contributed by atoms with Crippen molar-refractivity contribution in [1.82, 2.24) is 5.32 Å². The molecule has 5 heteroatoms. The first-order chi connectivity index (χ1) is 9.65. The maximum atomic E-state index is 13.9. The van der Waals surface area contributed by atoms with Crippen molar-refractivity contribution in [1.29, 1.82) is 0 Å². The van der Waals surface area contributed by atoms with E-state index in [0.29, 0.717) is 11.1 Å². The zero-order chi connectivity index (χ0) is 14.5. The monoisotopic (exact) mass is 273 g/mol. The fraction of sp³-hybridized carbons (Fsp3) is 0.0667. The van der Waals surface area contributed by atoms with E-state index in [0.717, 1.165) is 0 Å². The Balaban J connectivity index is 2.47. The van der Waals surface area contributed by atoms with Crippen LogP contribution in [0.5, 0.6) is 5.75 Å². The van der Waals surface area contributed by atoms with E-state index in [1.165, 1.54) is 25.2 Å². The summed E-state index contributed by atoms with van der Waals surface area (Å²) >= 11 is 0. The summed E-state index contributed by atoms with van der Waals surface area (Å²) in [5.41, 5.74) is 1.21. The number of halogens is 1. The molecule has 0 heterocycles. The molecule has 0 fully saturated rings. The summed E-state index contributed by atoms with van der Waals surface area (Å²) < 4.78 is 18.6. The summed E-state index contributed by atoms with van der Waals surface area (Å²) in [7, 11) is 1.52. The molecule has 0 spiro atoms. The van der Waals surface area contributed by atoms with E-state index in [1.54, 1.807) is 24.3 Å². The fourth-order valence-corrected chi connectivity index (χ4v) is 1.83. The summed E-state index contributed by atoms with van der Waals surface area (Å²) in [6.45, 7) is 0.276. The standard InChI is InChI=1S/C15H12FNO3/c1-17-15(19)11-4-2-3-10(7-11)13-8-12(20-9-18)5-6-14(13)16/h2-9H,1H3,(H,17,19). The van der Waals surface area contributed by atoms with Gasteiger partial charge < -0.3 is 10.1 Å². The molecule has 102 valence electrons. The molecule has 0 saturated carbocycles. The van der Waals surface area contributed by atoms with E-state index in [-0.39, 0.29) is 23.7 Å². The number of hydrogen-bond donors (Lipinski definition) is 1. The Hall–Kier alpha value is -2.69. The molecule has 2 aromatic rings. The van der Waals surface area contributed by atoms with Gasteiger partial charge in [0.1, 0.15) is 11.6 Å². The van der Waals surface area contributed by atoms with Gasteiger partial charge >= 0.3 is 0 Å². The Morgan fingerprint density at radius 1 is 1.25 bits per heavy atom. The third kappa shape index (κ3) is 2.83. The molecule has 1 N–H and O–H groups in total. The Bertz CT molecular complexity index is 655. The largest absolute Gasteiger partial charge is 0.429 e. The second-order valence-corrected chi connectivity index (χ2v) is 4.02. The molecule has 0 aliphatic carbocycles. The highest BCUT2D eigenvalue weighted by atomic mass is 19.1. The van der Waals surface area contributed by atoms with Gasteiger partial charge in [0.15, 0.2) is 0 Å². The van der Waals surface area contributed by atoms with Crippen LogP contribution in [0.25, 0.3) is 11.1 Å². The van der Waals surface area contributed by atoms with Gasteiger partial charge in [0.2, 0.25) is 0 Å². The lowest BCUT2D eigenvalue weighted by Gasteiger charge is -2.07. The van der Waals surface area contributed by atoms with Crippen molar-refractivity contribution < 1.29 is 18.7 Å². The van der Waals surface area contributed by atoms with Crippen LogP contribution in [0.3, 0.4) is 0 Å². The second kappa shape index (κ2) is 5.97. The van der Waals surface area contributed by atoms with E-state index in [9.17, 15) is 14.0 Å². The summed E-state index contributed by atoms with van der Waals surface area (Å²) in [5, 5.41) is 2.50. The Morgan fingerprint density at radius 2 is 2.05 bits per heavy atom. The Morgan fingerprint density at radius 3 is 2.75 bits per heavy atom. The number of rotatable bonds is 4. The highest BCUT2D eigenvalue weighted by molar-refractivity contribution is 5.95. The Kier molecular flexibility index (Phi) is 4.10. The first-order valence-corrected chi connectivity index (χ1v) is 5.88. The lowest BCUT2D eigenvalue weighted by atomic mass is 10.0. The highest BCUT2D eigenvalue weighted by Gasteiger charge is 2.10. The predicted molar refractivity (Wildman–Crippen MR) is 71.9 cm³/mol. The molecule has 0 bridgehead atoms. The minimum Gasteiger partial charge on any atom is -0.429 e. The highest BCUT2D eigenvalue weighted by Crippen LogP contribution is 2.27. The van der Waals surface area contributed by atoms with Crippen LogP contribution >= 0.6 is 0 Å². The first-order valence-electron chi connectivity index (χ1n) is 5.88. The van der Waals surface area contributed by atoms with E-state index in [1.807, 2.05) is 0 Å². The molecule has 4 nitrogen and oxygen atoms in total. The normalized spacial score (nSPS) is 9.90. The molecule has 1 amide bonds. The van der Waals surface area contributed by atoms with Gasteiger partial charge in [-0.2, -0.15) is 0 Å². The van der Waals surface area contributed by atoms with Crippen molar-refractivity contribution in [2.24, 2.45) is 0 Å². The molecule has 2 aromatic carbocycles. The van der Waals surface area contributed by atoms with Crippen molar-refractivity contribution in [3.63, 3.8) is 0 Å². The second-order valence-electron chi connectivity index (χ2n) is 4.02. The van der Waals surface area contributed by atoms with Crippen LogP contribution in [0.1, 0.15) is 10.4 Å². The topological polar surface area (TPSA) is 55.4 Å². The number of carbonyl (C=O) groups excluding carboxylic acids is 2. The first kappa shape index (κ1) is 13.7. The summed E-state index contributed by atoms with van der Waals surface area (Å²) in [4.78, 5) is 21.9. The summed E-state index contributed by atoms with van der Waals surface area (Å²) in [6, 6.07) is 10.5. The molecule has 0 atom stereocenters. The van der Waals surface area contributed by atoms with Crippen molar-refractivity contribution in [3.05, 3.63) is 53.8 Å². The van der Waals surface area contributed by atoms with Crippen molar-refractivity contribution in [2.45, 2.75) is 0 Å². The zero-order valence-electron chi connectivity index (χ0n) is 10.7. The van der Waals surface area contributed by atoms with Gasteiger partial charge in [-0.05, 0) is 35.9 Å². The fourth-order valence-electron chi connectivity index (χ4n) is 1.83. The number of ether oxygens (including phenoxy) is 1. The quantitative estimate of drug-likeness (QED) is 0.870. The Labute approximate surface area is 115 Å². The van der Waals surface area contributed by atoms with Gasteiger partial charge in [-0.25, -0.2) is 4.39 Å². The van der Waals surface area contributed by atoms with Gasteiger partial charge in [0, 0.05) is 18.2 Å². The number of nitrogens with one attached hydrogen (secondary N) is 1. The van der Waals surface area contributed by atoms with Crippen molar-refractivity contribution in [3.8, 4) is 16.9 Å². The maximum Gasteiger partial charge on any atom is 0.298 e. The molecule has 0 aromatic heterocycles. The van der Waals surface area contributed by atoms with Gasteiger partial charge in [-0.1, -0.05) is 12.1 Å². The predicted octanol–water partition coefficient (Wildman–Crippen LogP) is 2.39. The molecule has 0 saturated heterocycles. The molecule has 20 heavy (non-hydrogen) atoms. The van der Waals surface area contributed by atoms with Gasteiger partial charge in [0.25, 0.3) is 12.4 Å². The SMILES string of the molecule is CNC(=O)c1cccc(-c2cc(OC=O)ccc2F)c1. The molecule has 0 unspecified atom stereocenters. The number of benzene rings is 2. The van der Waals surface area contributed by atoms with E-state index < -0.39 is 5.82 Å². The average molecular weight is 273 g/mol. The lowest BCUT2D eigenvalue weighted by molar-refractivity contribution is -0.120. The molecule has 0 aliphatic heterocycles. The average Bonchev–Trinajstić information content (AvgIpc) is 2.49. The van der Waals surface area contributed by atoms with Gasteiger partial charge in [-0.3, -0.25) is 9.59 Å². The molecule has 0 radical (unpaired) electrons. The van der Waals surface area contributed by atoms with E-state index in [4.69, 9.17) is 4.74 Å². The molecule has 0 aliphatic rings. The van der Waals surface area contributed by atoms with Crippen LogP contribution in [0.4, 0.5) is 4.39 Å². The van der Waals surface area contributed by atoms with Crippen LogP contribution in [-0.2, 0) is 4.79 Å². The van der Waals surface area contributed by atoms with Crippen LogP contribution in [0, 0.1) is 5.82 Å². The minimum atomic E-state index is -0.461. The van der Waals surface area contributed by atoms with Crippen molar-refractivity contribution in [2.75, 3.05) is 7.05 Å². The smallest absolute Gasteiger partial charge is 0.298 e. The van der Waals surface area contributed by atoms with Gasteiger partial charge in [0.05, 0.1) is 0 Å². The molecular weight excluding hydrogens is 261 g/mol. The van der Waals surface area contributed by atoms with Crippen LogP contribution in [0.15, 0.2) is 42.5 Å². The number of amides is 1. The molecular formula is C15H12FNO3. The number of carbonyl (C=O) groups is 2. The zero-order valence-corrected chi connectivity index (χ0v) is 10.7. The van der Waals surface area contributed by atoms with Crippen LogP contribution in [0.2, 0.25) is 0 Å². The lowest BCUT2D eigenvalue weighted by Crippen LogP contribution is -2.17. The van der Waals surface area contributed by atoms with Gasteiger partial charge in [-0.15, -0.1) is 0 Å². The third-order valence-corrected chi connectivity index (χ3v) is 2.78. The maximum absolute atomic E-state index is 13.9. The van der Waals surface area contributed by atoms with E-state index in [2.05, 4.69) is 5.32 Å². The summed E-state index contributed by atoms with van der Waals surface area (Å²) in [5.74, 6) is -0.480. The van der Waals surface area contributed by atoms with E-state index >= 15 is 0 Å². The van der Waals surface area contributed by atoms with Crippen LogP contribution in [-0.4, -0.2) is 19.4 Å². The van der Waals surface area contributed by atoms with Crippen molar-refractivity contribution >= 4 is 12.4 Å². The minimum absolute atomic E-state index is 0.238.